The van der Waals surface area contributed by atoms with Gasteiger partial charge in [-0.05, 0) is 59.5 Å². The van der Waals surface area contributed by atoms with Crippen LogP contribution in [0.15, 0.2) is 45.8 Å². The van der Waals surface area contributed by atoms with Crippen LogP contribution >= 0.6 is 0 Å². The molecular weight excluding hydrogens is 352 g/mol. The number of aliphatic imine (C=N–C) groups is 1. The van der Waals surface area contributed by atoms with Crippen LogP contribution in [0.25, 0.3) is 0 Å². The van der Waals surface area contributed by atoms with Gasteiger partial charge in [0.1, 0.15) is 17.1 Å². The van der Waals surface area contributed by atoms with E-state index in [4.69, 9.17) is 4.42 Å². The molecule has 3 N–H and O–H groups in total. The zero-order valence-corrected chi connectivity index (χ0v) is 17.9. The van der Waals surface area contributed by atoms with Gasteiger partial charge in [-0.1, -0.05) is 29.8 Å². The highest BCUT2D eigenvalue weighted by Crippen LogP contribution is 2.23. The number of furan rings is 1. The van der Waals surface area contributed by atoms with Gasteiger partial charge in [-0.3, -0.25) is 0 Å². The monoisotopic (exact) mass is 386 g/mol. The van der Waals surface area contributed by atoms with Gasteiger partial charge < -0.3 is 25.1 Å². The number of hydrogen-bond donors (Lipinski definition) is 3. The predicted molar refractivity (Wildman–Crippen MR) is 115 cm³/mol. The Bertz CT molecular complexity index is 763. The molecule has 2 unspecified atom stereocenters. The molecule has 0 aliphatic carbocycles. The lowest BCUT2D eigenvalue weighted by atomic mass is 10.0. The van der Waals surface area contributed by atoms with Gasteiger partial charge in [-0.15, -0.1) is 0 Å². The number of hydrogen-bond acceptors (Lipinski definition) is 4. The van der Waals surface area contributed by atoms with Crippen LogP contribution in [-0.4, -0.2) is 49.7 Å². The summed E-state index contributed by atoms with van der Waals surface area (Å²) in [5, 5.41) is 17.4. The topological polar surface area (TPSA) is 73.0 Å². The maximum atomic E-state index is 10.7. The maximum absolute atomic E-state index is 10.7. The third-order valence-electron chi connectivity index (χ3n) is 4.71. The first-order chi connectivity index (χ1) is 13.2. The molecule has 0 aliphatic heterocycles. The maximum Gasteiger partial charge on any atom is 0.191 e. The predicted octanol–water partition coefficient (Wildman–Crippen LogP) is 2.96. The van der Waals surface area contributed by atoms with Crippen molar-refractivity contribution >= 4 is 5.96 Å². The van der Waals surface area contributed by atoms with Crippen molar-refractivity contribution in [2.24, 2.45) is 4.99 Å². The van der Waals surface area contributed by atoms with Crippen LogP contribution in [0.3, 0.4) is 0 Å². The molecule has 2 rings (SSSR count). The third-order valence-corrected chi connectivity index (χ3v) is 4.71. The number of guanidine groups is 1. The first-order valence-electron chi connectivity index (χ1n) is 9.77. The van der Waals surface area contributed by atoms with Gasteiger partial charge in [0.05, 0.1) is 12.6 Å². The summed E-state index contributed by atoms with van der Waals surface area (Å²) in [5.74, 6) is 1.97. The number of nitrogens with one attached hydrogen (secondary N) is 2. The Labute approximate surface area is 168 Å². The third kappa shape index (κ3) is 6.11. The van der Waals surface area contributed by atoms with E-state index in [-0.39, 0.29) is 12.6 Å². The summed E-state index contributed by atoms with van der Waals surface area (Å²) in [5.41, 5.74) is 1.34. The minimum atomic E-state index is -1.16. The SMILES string of the molecule is CCNC(=NCC(C)(O)c1ccc(C)o1)NCC(c1ccc(C)cc1)N(C)C. The Morgan fingerprint density at radius 2 is 1.82 bits per heavy atom. The van der Waals surface area contributed by atoms with Crippen molar-refractivity contribution in [1.82, 2.24) is 15.5 Å². The van der Waals surface area contributed by atoms with Crippen LogP contribution in [0.4, 0.5) is 0 Å². The van der Waals surface area contributed by atoms with Crippen molar-refractivity contribution in [2.75, 3.05) is 33.7 Å². The smallest absolute Gasteiger partial charge is 0.191 e. The standard InChI is InChI=1S/C22H34N4O2/c1-7-23-21(25-15-22(4,27)20-13-10-17(3)28-20)24-14-19(26(5)6)18-11-8-16(2)9-12-18/h8-13,19,27H,7,14-15H2,1-6H3,(H2,23,24,25). The fourth-order valence-corrected chi connectivity index (χ4v) is 2.96. The van der Waals surface area contributed by atoms with Crippen LogP contribution in [0.5, 0.6) is 0 Å². The van der Waals surface area contributed by atoms with E-state index in [0.717, 1.165) is 12.3 Å². The van der Waals surface area contributed by atoms with Gasteiger partial charge in [0.15, 0.2) is 5.96 Å². The lowest BCUT2D eigenvalue weighted by molar-refractivity contribution is 0.0428. The average molecular weight is 387 g/mol. The Kier molecular flexibility index (Phi) is 7.66. The van der Waals surface area contributed by atoms with Crippen LogP contribution in [0.2, 0.25) is 0 Å². The Hall–Kier alpha value is -2.31. The molecule has 6 nitrogen and oxygen atoms in total. The second-order valence-corrected chi connectivity index (χ2v) is 7.65. The number of likely N-dealkylation sites (N-methyl/N-ethyl adjacent to an activating group) is 1. The Balaban J connectivity index is 2.07. The summed E-state index contributed by atoms with van der Waals surface area (Å²) in [7, 11) is 4.14. The summed E-state index contributed by atoms with van der Waals surface area (Å²) in [4.78, 5) is 6.76. The number of rotatable bonds is 8. The molecule has 154 valence electrons. The zero-order valence-electron chi connectivity index (χ0n) is 17.9. The summed E-state index contributed by atoms with van der Waals surface area (Å²) < 4.78 is 5.57. The number of aliphatic hydroxyl groups is 1. The van der Waals surface area contributed by atoms with Gasteiger partial charge >= 0.3 is 0 Å². The van der Waals surface area contributed by atoms with Gasteiger partial charge in [0.2, 0.25) is 0 Å². The molecule has 28 heavy (non-hydrogen) atoms. The van der Waals surface area contributed by atoms with E-state index < -0.39 is 5.60 Å². The molecule has 0 spiro atoms. The van der Waals surface area contributed by atoms with Crippen LogP contribution in [-0.2, 0) is 5.60 Å². The Morgan fingerprint density at radius 1 is 1.14 bits per heavy atom. The second kappa shape index (κ2) is 9.75. The largest absolute Gasteiger partial charge is 0.463 e. The van der Waals surface area contributed by atoms with Gasteiger partial charge in [-0.25, -0.2) is 4.99 Å². The first-order valence-corrected chi connectivity index (χ1v) is 9.77. The van der Waals surface area contributed by atoms with Crippen LogP contribution in [0, 0.1) is 13.8 Å². The quantitative estimate of drug-likeness (QED) is 0.481. The molecule has 1 aromatic carbocycles. The van der Waals surface area contributed by atoms with E-state index in [1.807, 2.05) is 19.9 Å². The van der Waals surface area contributed by atoms with E-state index in [2.05, 4.69) is 65.8 Å². The van der Waals surface area contributed by atoms with Crippen molar-refractivity contribution in [2.45, 2.75) is 39.3 Å². The number of nitrogens with zero attached hydrogens (tertiary/aromatic N) is 2. The van der Waals surface area contributed by atoms with Crippen molar-refractivity contribution < 1.29 is 9.52 Å². The van der Waals surface area contributed by atoms with Crippen molar-refractivity contribution in [3.8, 4) is 0 Å². The normalized spacial score (nSPS) is 15.4. The van der Waals surface area contributed by atoms with Gasteiger partial charge in [0.25, 0.3) is 0 Å². The molecule has 0 saturated heterocycles. The summed E-state index contributed by atoms with van der Waals surface area (Å²) in [6, 6.07) is 12.4. The molecule has 0 saturated carbocycles. The van der Waals surface area contributed by atoms with E-state index in [9.17, 15) is 5.11 Å². The molecule has 1 heterocycles. The summed E-state index contributed by atoms with van der Waals surface area (Å²) in [6.45, 7) is 9.33. The van der Waals surface area contributed by atoms with E-state index >= 15 is 0 Å². The average Bonchev–Trinajstić information content (AvgIpc) is 3.08. The van der Waals surface area contributed by atoms with Gasteiger partial charge in [0, 0.05) is 13.1 Å². The molecule has 0 amide bonds. The number of aryl methyl sites for hydroxylation is 2. The highest BCUT2D eigenvalue weighted by atomic mass is 16.4. The lowest BCUT2D eigenvalue weighted by Gasteiger charge is -2.26. The first kappa shape index (κ1) is 22.0. The van der Waals surface area contributed by atoms with E-state index in [1.165, 1.54) is 11.1 Å². The minimum Gasteiger partial charge on any atom is -0.463 e. The van der Waals surface area contributed by atoms with Crippen molar-refractivity contribution in [3.05, 3.63) is 59.0 Å². The van der Waals surface area contributed by atoms with Crippen molar-refractivity contribution in [3.63, 3.8) is 0 Å². The van der Waals surface area contributed by atoms with E-state index in [1.54, 1.807) is 13.0 Å². The molecule has 0 fully saturated rings. The molecule has 1 aromatic heterocycles. The molecule has 0 radical (unpaired) electrons. The molecule has 6 heteroatoms. The van der Waals surface area contributed by atoms with E-state index in [0.29, 0.717) is 18.3 Å². The lowest BCUT2D eigenvalue weighted by Crippen LogP contribution is -2.42. The van der Waals surface area contributed by atoms with Crippen LogP contribution < -0.4 is 10.6 Å². The molecule has 2 aromatic rings. The van der Waals surface area contributed by atoms with Crippen molar-refractivity contribution in [1.29, 1.82) is 0 Å². The Morgan fingerprint density at radius 3 is 2.36 bits per heavy atom. The highest BCUT2D eigenvalue weighted by molar-refractivity contribution is 5.79. The summed E-state index contributed by atoms with van der Waals surface area (Å²) >= 11 is 0. The minimum absolute atomic E-state index is 0.201. The number of benzene rings is 1. The molecule has 0 bridgehead atoms. The zero-order chi connectivity index (χ0) is 20.7. The van der Waals surface area contributed by atoms with Crippen LogP contribution in [0.1, 0.15) is 42.5 Å². The molecule has 0 aliphatic rings. The highest BCUT2D eigenvalue weighted by Gasteiger charge is 2.26. The summed E-state index contributed by atoms with van der Waals surface area (Å²) in [6.07, 6.45) is 0. The second-order valence-electron chi connectivity index (χ2n) is 7.65. The van der Waals surface area contributed by atoms with Gasteiger partial charge in [-0.2, -0.15) is 0 Å². The fraction of sp³-hybridized carbons (Fsp3) is 0.500. The molecule has 2 atom stereocenters. The molecular formula is C22H34N4O2. The fourth-order valence-electron chi connectivity index (χ4n) is 2.96.